The van der Waals surface area contributed by atoms with Crippen molar-refractivity contribution in [1.29, 1.82) is 0 Å². The third-order valence-electron chi connectivity index (χ3n) is 10.4. The number of rotatable bonds is 44. The minimum absolute atomic E-state index is 0.170. The number of nitrogens with two attached hydrogens (primary N) is 1. The molecule has 332 valence electrons. The number of hydrogen-bond acceptors (Lipinski definition) is 9. The monoisotopic (exact) mass is 820 g/mol. The number of unbranched alkanes of at least 4 members (excludes halogenated alkanes) is 30. The Morgan fingerprint density at radius 1 is 0.482 bits per heavy atom. The number of hydrogen-bond donors (Lipinski definition) is 3. The summed E-state index contributed by atoms with van der Waals surface area (Å²) in [5, 5.41) is 8.89. The van der Waals surface area contributed by atoms with Crippen LogP contribution in [0.5, 0.6) is 0 Å². The predicted octanol–water partition coefficient (Wildman–Crippen LogP) is 12.3. The molecule has 0 saturated heterocycles. The molecule has 3 atom stereocenters. The molecule has 0 saturated carbocycles. The number of phosphoric ester groups is 1. The van der Waals surface area contributed by atoms with Gasteiger partial charge in [-0.05, 0) is 12.8 Å². The Labute approximate surface area is 342 Å². The Bertz CT molecular complexity index is 968. The number of carboxylic acid groups (broad SMARTS) is 1. The van der Waals surface area contributed by atoms with Crippen LogP contribution >= 0.6 is 7.82 Å². The molecule has 0 radical (unpaired) electrons. The first-order valence-corrected chi connectivity index (χ1v) is 24.6. The van der Waals surface area contributed by atoms with Crippen LogP contribution in [0.25, 0.3) is 0 Å². The smallest absolute Gasteiger partial charge is 0.472 e. The van der Waals surface area contributed by atoms with E-state index in [0.717, 1.165) is 38.5 Å². The fourth-order valence-corrected chi connectivity index (χ4v) is 7.49. The Morgan fingerprint density at radius 2 is 0.786 bits per heavy atom. The highest BCUT2D eigenvalue weighted by Crippen LogP contribution is 2.43. The van der Waals surface area contributed by atoms with Gasteiger partial charge in [-0.15, -0.1) is 0 Å². The van der Waals surface area contributed by atoms with Crippen molar-refractivity contribution in [2.24, 2.45) is 5.73 Å². The molecular formula is C44H86NO10P. The zero-order valence-electron chi connectivity index (χ0n) is 36.0. The second kappa shape index (κ2) is 40.3. The highest BCUT2D eigenvalue weighted by molar-refractivity contribution is 7.47. The standard InChI is InChI=1S/C44H86NO10P/c1-3-5-7-9-11-13-15-17-18-19-20-21-22-24-26-28-30-32-34-36-43(47)55-40(38-53-56(50,51)54-39-41(45)44(48)49)37-52-42(46)35-33-31-29-27-25-23-16-14-12-10-8-6-4-2/h40-41H,3-39,45H2,1-2H3,(H,48,49)(H,50,51)/t40-,41-/m0/s1. The molecule has 0 amide bonds. The van der Waals surface area contributed by atoms with Gasteiger partial charge in [0.15, 0.2) is 6.10 Å². The lowest BCUT2D eigenvalue weighted by molar-refractivity contribution is -0.161. The van der Waals surface area contributed by atoms with Crippen molar-refractivity contribution < 1.29 is 47.5 Å². The Kier molecular flexibility index (Phi) is 39.2. The Morgan fingerprint density at radius 3 is 1.12 bits per heavy atom. The minimum atomic E-state index is -4.71. The van der Waals surface area contributed by atoms with Crippen LogP contribution in [0.4, 0.5) is 0 Å². The molecule has 0 spiro atoms. The maximum absolute atomic E-state index is 12.6. The molecule has 0 aromatic carbocycles. The number of esters is 2. The summed E-state index contributed by atoms with van der Waals surface area (Å²) in [6, 6.07) is -1.52. The van der Waals surface area contributed by atoms with Crippen molar-refractivity contribution in [1.82, 2.24) is 0 Å². The number of phosphoric acid groups is 1. The van der Waals surface area contributed by atoms with Gasteiger partial charge in [0.1, 0.15) is 12.6 Å². The molecule has 0 aliphatic heterocycles. The fraction of sp³-hybridized carbons (Fsp3) is 0.932. The average molecular weight is 820 g/mol. The summed E-state index contributed by atoms with van der Waals surface area (Å²) < 4.78 is 32.7. The topological polar surface area (TPSA) is 172 Å². The molecule has 0 aromatic rings. The van der Waals surface area contributed by atoms with Crippen molar-refractivity contribution in [3.63, 3.8) is 0 Å². The van der Waals surface area contributed by atoms with E-state index in [4.69, 9.17) is 24.8 Å². The van der Waals surface area contributed by atoms with Crippen LogP contribution in [-0.2, 0) is 37.5 Å². The van der Waals surface area contributed by atoms with E-state index >= 15 is 0 Å². The van der Waals surface area contributed by atoms with Crippen molar-refractivity contribution in [3.8, 4) is 0 Å². The molecule has 0 bridgehead atoms. The lowest BCUT2D eigenvalue weighted by Gasteiger charge is -2.20. The highest BCUT2D eigenvalue weighted by atomic mass is 31.2. The molecular weight excluding hydrogens is 733 g/mol. The van der Waals surface area contributed by atoms with Gasteiger partial charge in [0.25, 0.3) is 0 Å². The van der Waals surface area contributed by atoms with E-state index in [0.29, 0.717) is 12.8 Å². The summed E-state index contributed by atoms with van der Waals surface area (Å²) in [7, 11) is -4.71. The zero-order valence-corrected chi connectivity index (χ0v) is 36.9. The first-order chi connectivity index (χ1) is 27.1. The zero-order chi connectivity index (χ0) is 41.4. The predicted molar refractivity (Wildman–Crippen MR) is 227 cm³/mol. The van der Waals surface area contributed by atoms with Crippen molar-refractivity contribution >= 4 is 25.7 Å². The summed E-state index contributed by atoms with van der Waals surface area (Å²) in [5.74, 6) is -2.36. The highest BCUT2D eigenvalue weighted by Gasteiger charge is 2.28. The molecule has 0 heterocycles. The van der Waals surface area contributed by atoms with Crippen LogP contribution in [0.15, 0.2) is 0 Å². The van der Waals surface area contributed by atoms with Crippen molar-refractivity contribution in [2.75, 3.05) is 19.8 Å². The molecule has 12 heteroatoms. The molecule has 4 N–H and O–H groups in total. The van der Waals surface area contributed by atoms with Crippen LogP contribution in [0, 0.1) is 0 Å². The maximum Gasteiger partial charge on any atom is 0.472 e. The van der Waals surface area contributed by atoms with Gasteiger partial charge in [-0.1, -0.05) is 206 Å². The molecule has 0 aromatic heterocycles. The summed E-state index contributed by atoms with van der Waals surface area (Å²) >= 11 is 0. The molecule has 0 aliphatic carbocycles. The molecule has 56 heavy (non-hydrogen) atoms. The van der Waals surface area contributed by atoms with Gasteiger partial charge in [-0.3, -0.25) is 23.4 Å². The van der Waals surface area contributed by atoms with Gasteiger partial charge in [-0.25, -0.2) is 4.57 Å². The van der Waals surface area contributed by atoms with Gasteiger partial charge in [0.2, 0.25) is 0 Å². The Balaban J connectivity index is 4.25. The summed E-state index contributed by atoms with van der Waals surface area (Å²) in [4.78, 5) is 46.0. The first-order valence-electron chi connectivity index (χ1n) is 23.1. The number of carbonyl (C=O) groups excluding carboxylic acids is 2. The molecule has 0 aliphatic rings. The number of aliphatic carboxylic acids is 1. The van der Waals surface area contributed by atoms with Crippen LogP contribution in [0.2, 0.25) is 0 Å². The van der Waals surface area contributed by atoms with Crippen LogP contribution in [0.1, 0.15) is 232 Å². The lowest BCUT2D eigenvalue weighted by atomic mass is 10.0. The van der Waals surface area contributed by atoms with E-state index in [2.05, 4.69) is 18.4 Å². The van der Waals surface area contributed by atoms with Crippen LogP contribution in [-0.4, -0.2) is 59.9 Å². The van der Waals surface area contributed by atoms with E-state index in [1.165, 1.54) is 154 Å². The number of carbonyl (C=O) groups is 3. The molecule has 11 nitrogen and oxygen atoms in total. The quantitative estimate of drug-likeness (QED) is 0.0303. The fourth-order valence-electron chi connectivity index (χ4n) is 6.71. The van der Waals surface area contributed by atoms with E-state index in [9.17, 15) is 23.8 Å². The second-order valence-electron chi connectivity index (χ2n) is 15.9. The molecule has 1 unspecified atom stereocenters. The van der Waals surface area contributed by atoms with Crippen molar-refractivity contribution in [3.05, 3.63) is 0 Å². The van der Waals surface area contributed by atoms with Crippen LogP contribution in [0.3, 0.4) is 0 Å². The third kappa shape index (κ3) is 39.3. The van der Waals surface area contributed by atoms with Gasteiger partial charge >= 0.3 is 25.7 Å². The van der Waals surface area contributed by atoms with Gasteiger partial charge in [0, 0.05) is 12.8 Å². The number of carboxylic acids is 1. The average Bonchev–Trinajstić information content (AvgIpc) is 3.17. The van der Waals surface area contributed by atoms with E-state index in [1.54, 1.807) is 0 Å². The van der Waals surface area contributed by atoms with E-state index in [1.807, 2.05) is 0 Å². The van der Waals surface area contributed by atoms with Gasteiger partial charge in [0.05, 0.1) is 13.2 Å². The van der Waals surface area contributed by atoms with Gasteiger partial charge < -0.3 is 25.2 Å². The van der Waals surface area contributed by atoms with Crippen LogP contribution < -0.4 is 5.73 Å². The van der Waals surface area contributed by atoms with Gasteiger partial charge in [-0.2, -0.15) is 0 Å². The minimum Gasteiger partial charge on any atom is -0.480 e. The largest absolute Gasteiger partial charge is 0.480 e. The Hall–Kier alpha value is -1.52. The molecule has 0 fully saturated rings. The molecule has 0 rings (SSSR count). The van der Waals surface area contributed by atoms with Crippen molar-refractivity contribution in [2.45, 2.75) is 244 Å². The summed E-state index contributed by atoms with van der Waals surface area (Å²) in [6.45, 7) is 2.84. The summed E-state index contributed by atoms with van der Waals surface area (Å²) in [5.41, 5.74) is 5.34. The first kappa shape index (κ1) is 54.5. The SMILES string of the molecule is CCCCCCCCCCCCCCCCCCCCCC(=O)O[C@@H](COC(=O)CCCCCCCCCCCCCCC)COP(=O)(O)OC[C@H](N)C(=O)O. The normalized spacial score (nSPS) is 13.6. The third-order valence-corrected chi connectivity index (χ3v) is 11.3. The number of ether oxygens (including phenoxy) is 2. The van der Waals surface area contributed by atoms with E-state index < -0.39 is 51.1 Å². The summed E-state index contributed by atoms with van der Waals surface area (Å²) in [6.07, 6.45) is 38.8. The second-order valence-corrected chi connectivity index (χ2v) is 17.4. The lowest BCUT2D eigenvalue weighted by Crippen LogP contribution is -2.34. The van der Waals surface area contributed by atoms with E-state index in [-0.39, 0.29) is 19.4 Å². The maximum atomic E-state index is 12.6.